The van der Waals surface area contributed by atoms with Gasteiger partial charge in [-0.1, -0.05) is 6.07 Å². The maximum atomic E-state index is 13.5. The highest BCUT2D eigenvalue weighted by molar-refractivity contribution is 9.10. The second-order valence-electron chi connectivity index (χ2n) is 4.13. The first-order valence-electron chi connectivity index (χ1n) is 5.64. The molecule has 1 aromatic carbocycles. The van der Waals surface area contributed by atoms with E-state index in [9.17, 15) is 9.18 Å². The molecule has 0 spiro atoms. The monoisotopic (exact) mass is 300 g/mol. The first kappa shape index (κ1) is 12.5. The van der Waals surface area contributed by atoms with E-state index in [4.69, 9.17) is 0 Å². The third-order valence-electron chi connectivity index (χ3n) is 2.88. The summed E-state index contributed by atoms with van der Waals surface area (Å²) in [6.45, 7) is 1.62. The Hall–Kier alpha value is -0.940. The molecular weight excluding hydrogens is 287 g/mol. The zero-order chi connectivity index (χ0) is 12.3. The van der Waals surface area contributed by atoms with Crippen LogP contribution in [0.15, 0.2) is 22.7 Å². The van der Waals surface area contributed by atoms with E-state index < -0.39 is 5.82 Å². The Morgan fingerprint density at radius 1 is 1.53 bits per heavy atom. The van der Waals surface area contributed by atoms with Gasteiger partial charge in [-0.3, -0.25) is 4.79 Å². The average Bonchev–Trinajstić information content (AvgIpc) is 2.35. The molecule has 0 saturated carbocycles. The SMILES string of the molecule is O=C(Nc1c(F)cccc1Br)[C@H]1CCCNC1. The first-order chi connectivity index (χ1) is 8.18. The fraction of sp³-hybridized carbons (Fsp3) is 0.417. The molecule has 1 heterocycles. The van der Waals surface area contributed by atoms with Gasteiger partial charge in [0.15, 0.2) is 0 Å². The summed E-state index contributed by atoms with van der Waals surface area (Å²) < 4.78 is 14.1. The largest absolute Gasteiger partial charge is 0.322 e. The fourth-order valence-electron chi connectivity index (χ4n) is 1.92. The Morgan fingerprint density at radius 2 is 2.35 bits per heavy atom. The Balaban J connectivity index is 2.07. The van der Waals surface area contributed by atoms with Crippen LogP contribution in [0.4, 0.5) is 10.1 Å². The number of hydrogen-bond donors (Lipinski definition) is 2. The molecule has 0 radical (unpaired) electrons. The number of carbonyl (C=O) groups excluding carboxylic acids is 1. The zero-order valence-corrected chi connectivity index (χ0v) is 10.9. The molecule has 1 atom stereocenters. The predicted octanol–water partition coefficient (Wildman–Crippen LogP) is 2.53. The van der Waals surface area contributed by atoms with Crippen molar-refractivity contribution in [2.24, 2.45) is 5.92 Å². The van der Waals surface area contributed by atoms with Crippen molar-refractivity contribution in [3.63, 3.8) is 0 Å². The first-order valence-corrected chi connectivity index (χ1v) is 6.43. The lowest BCUT2D eigenvalue weighted by Crippen LogP contribution is -2.37. The molecule has 2 rings (SSSR count). The van der Waals surface area contributed by atoms with E-state index in [1.165, 1.54) is 6.07 Å². The molecule has 0 aliphatic carbocycles. The van der Waals surface area contributed by atoms with Crippen molar-refractivity contribution < 1.29 is 9.18 Å². The quantitative estimate of drug-likeness (QED) is 0.881. The van der Waals surface area contributed by atoms with Gasteiger partial charge in [-0.2, -0.15) is 0 Å². The molecule has 1 aliphatic heterocycles. The number of nitrogens with one attached hydrogen (secondary N) is 2. The fourth-order valence-corrected chi connectivity index (χ4v) is 2.36. The number of halogens is 2. The lowest BCUT2D eigenvalue weighted by Gasteiger charge is -2.22. The van der Waals surface area contributed by atoms with E-state index in [2.05, 4.69) is 26.6 Å². The molecule has 5 heteroatoms. The van der Waals surface area contributed by atoms with Crippen LogP contribution in [0.1, 0.15) is 12.8 Å². The van der Waals surface area contributed by atoms with E-state index in [0.29, 0.717) is 11.0 Å². The van der Waals surface area contributed by atoms with Crippen molar-refractivity contribution >= 4 is 27.5 Å². The van der Waals surface area contributed by atoms with Gasteiger partial charge < -0.3 is 10.6 Å². The van der Waals surface area contributed by atoms with E-state index in [0.717, 1.165) is 19.4 Å². The van der Waals surface area contributed by atoms with Crippen molar-refractivity contribution in [3.05, 3.63) is 28.5 Å². The Kier molecular flexibility index (Phi) is 4.12. The van der Waals surface area contributed by atoms with Crippen LogP contribution in [-0.2, 0) is 4.79 Å². The van der Waals surface area contributed by atoms with Gasteiger partial charge in [0.1, 0.15) is 5.82 Å². The summed E-state index contributed by atoms with van der Waals surface area (Å²) in [6.07, 6.45) is 1.83. The molecule has 1 aromatic rings. The van der Waals surface area contributed by atoms with E-state index >= 15 is 0 Å². The summed E-state index contributed by atoms with van der Waals surface area (Å²) in [5.41, 5.74) is 0.225. The molecule has 3 nitrogen and oxygen atoms in total. The van der Waals surface area contributed by atoms with Gasteiger partial charge in [-0.05, 0) is 47.4 Å². The van der Waals surface area contributed by atoms with Crippen molar-refractivity contribution in [3.8, 4) is 0 Å². The molecule has 0 aromatic heterocycles. The van der Waals surface area contributed by atoms with Gasteiger partial charge in [0.2, 0.25) is 5.91 Å². The van der Waals surface area contributed by atoms with Gasteiger partial charge in [-0.25, -0.2) is 4.39 Å². The topological polar surface area (TPSA) is 41.1 Å². The Morgan fingerprint density at radius 3 is 3.00 bits per heavy atom. The van der Waals surface area contributed by atoms with Crippen LogP contribution in [0.3, 0.4) is 0 Å². The molecule has 0 unspecified atom stereocenters. The average molecular weight is 301 g/mol. The molecule has 0 bridgehead atoms. The maximum Gasteiger partial charge on any atom is 0.228 e. The van der Waals surface area contributed by atoms with E-state index in [1.807, 2.05) is 0 Å². The maximum absolute atomic E-state index is 13.5. The lowest BCUT2D eigenvalue weighted by molar-refractivity contribution is -0.120. The number of amides is 1. The lowest BCUT2D eigenvalue weighted by atomic mass is 9.99. The van der Waals surface area contributed by atoms with Crippen LogP contribution in [0.2, 0.25) is 0 Å². The van der Waals surface area contributed by atoms with Gasteiger partial charge in [0, 0.05) is 11.0 Å². The zero-order valence-electron chi connectivity index (χ0n) is 9.30. The molecule has 2 N–H and O–H groups in total. The number of hydrogen-bond acceptors (Lipinski definition) is 2. The summed E-state index contributed by atoms with van der Waals surface area (Å²) in [4.78, 5) is 11.9. The molecule has 1 aliphatic rings. The van der Waals surface area contributed by atoms with Gasteiger partial charge in [0.05, 0.1) is 11.6 Å². The molecule has 1 amide bonds. The predicted molar refractivity (Wildman–Crippen MR) is 68.3 cm³/mol. The Bertz CT molecular complexity index is 399. The molecule has 1 fully saturated rings. The van der Waals surface area contributed by atoms with Crippen LogP contribution in [0.5, 0.6) is 0 Å². The summed E-state index contributed by atoms with van der Waals surface area (Å²) in [6, 6.07) is 4.63. The van der Waals surface area contributed by atoms with Crippen molar-refractivity contribution in [1.29, 1.82) is 0 Å². The minimum atomic E-state index is -0.420. The van der Waals surface area contributed by atoms with Crippen LogP contribution < -0.4 is 10.6 Å². The highest BCUT2D eigenvalue weighted by Crippen LogP contribution is 2.26. The van der Waals surface area contributed by atoms with Crippen molar-refractivity contribution in [2.45, 2.75) is 12.8 Å². The normalized spacial score (nSPS) is 20.0. The van der Waals surface area contributed by atoms with Crippen molar-refractivity contribution in [1.82, 2.24) is 5.32 Å². The summed E-state index contributed by atoms with van der Waals surface area (Å²) in [7, 11) is 0. The number of carbonyl (C=O) groups is 1. The van der Waals surface area contributed by atoms with Crippen LogP contribution in [0, 0.1) is 11.7 Å². The minimum absolute atomic E-state index is 0.0738. The van der Waals surface area contributed by atoms with Crippen LogP contribution in [0.25, 0.3) is 0 Å². The van der Waals surface area contributed by atoms with Crippen LogP contribution in [-0.4, -0.2) is 19.0 Å². The van der Waals surface area contributed by atoms with Crippen molar-refractivity contribution in [2.75, 3.05) is 18.4 Å². The number of piperidine rings is 1. The molecule has 92 valence electrons. The Labute approximate surface area is 108 Å². The highest BCUT2D eigenvalue weighted by atomic mass is 79.9. The summed E-state index contributed by atoms with van der Waals surface area (Å²) >= 11 is 3.23. The number of para-hydroxylation sites is 1. The number of benzene rings is 1. The highest BCUT2D eigenvalue weighted by Gasteiger charge is 2.22. The van der Waals surface area contributed by atoms with Gasteiger partial charge in [0.25, 0.3) is 0 Å². The second kappa shape index (κ2) is 5.60. The number of anilines is 1. The smallest absolute Gasteiger partial charge is 0.228 e. The van der Waals surface area contributed by atoms with Gasteiger partial charge >= 0.3 is 0 Å². The van der Waals surface area contributed by atoms with Crippen LogP contribution >= 0.6 is 15.9 Å². The molecular formula is C12H14BrFN2O. The van der Waals surface area contributed by atoms with Gasteiger partial charge in [-0.15, -0.1) is 0 Å². The third-order valence-corrected chi connectivity index (χ3v) is 3.54. The minimum Gasteiger partial charge on any atom is -0.322 e. The molecule has 1 saturated heterocycles. The van der Waals surface area contributed by atoms with E-state index in [-0.39, 0.29) is 17.5 Å². The standard InChI is InChI=1S/C12H14BrFN2O/c13-9-4-1-5-10(14)11(9)16-12(17)8-3-2-6-15-7-8/h1,4-5,8,15H,2-3,6-7H2,(H,16,17)/t8-/m0/s1. The number of rotatable bonds is 2. The summed E-state index contributed by atoms with van der Waals surface area (Å²) in [5, 5.41) is 5.81. The van der Waals surface area contributed by atoms with E-state index in [1.54, 1.807) is 12.1 Å². The summed E-state index contributed by atoms with van der Waals surface area (Å²) in [5.74, 6) is -0.616. The third kappa shape index (κ3) is 3.04. The molecule has 17 heavy (non-hydrogen) atoms. The second-order valence-corrected chi connectivity index (χ2v) is 4.98.